The molecule has 3 rings (SSSR count). The number of ketones is 1. The van der Waals surface area contributed by atoms with E-state index in [0.717, 1.165) is 13.0 Å². The Hall–Kier alpha value is -0.800. The molecular weight excluding hydrogens is 477 g/mol. The normalized spacial score (nSPS) is 20.3. The zero-order valence-electron chi connectivity index (χ0n) is 13.2. The SMILES string of the molecule is Br.O=C(C[C@H]1NCCC[C@@H]1O)Cn1cnc2cc(Br)c(Cl)cc2c1=O. The van der Waals surface area contributed by atoms with E-state index in [4.69, 9.17) is 11.6 Å². The van der Waals surface area contributed by atoms with E-state index in [9.17, 15) is 14.7 Å². The summed E-state index contributed by atoms with van der Waals surface area (Å²) < 4.78 is 1.94. The smallest absolute Gasteiger partial charge is 0.261 e. The van der Waals surface area contributed by atoms with Gasteiger partial charge in [-0.2, -0.15) is 0 Å². The van der Waals surface area contributed by atoms with Gasteiger partial charge in [0, 0.05) is 16.9 Å². The molecule has 2 N–H and O–H groups in total. The summed E-state index contributed by atoms with van der Waals surface area (Å²) in [5.41, 5.74) is 0.212. The fourth-order valence-electron chi connectivity index (χ4n) is 2.91. The quantitative estimate of drug-likeness (QED) is 0.681. The molecule has 9 heteroatoms. The Bertz CT molecular complexity index is 843. The topological polar surface area (TPSA) is 84.2 Å². The first-order chi connectivity index (χ1) is 11.5. The Morgan fingerprint density at radius 3 is 2.96 bits per heavy atom. The number of aliphatic hydroxyl groups is 1. The van der Waals surface area contributed by atoms with Gasteiger partial charge in [0.2, 0.25) is 0 Å². The van der Waals surface area contributed by atoms with Crippen LogP contribution in [0, 0.1) is 0 Å². The van der Waals surface area contributed by atoms with Crippen LogP contribution in [0.4, 0.5) is 0 Å². The summed E-state index contributed by atoms with van der Waals surface area (Å²) in [6.07, 6.45) is 2.62. The summed E-state index contributed by atoms with van der Waals surface area (Å²) in [6, 6.07) is 2.97. The highest BCUT2D eigenvalue weighted by Gasteiger charge is 2.25. The molecule has 0 amide bonds. The maximum atomic E-state index is 12.5. The third kappa shape index (κ3) is 4.68. The van der Waals surface area contributed by atoms with Crippen LogP contribution in [-0.2, 0) is 11.3 Å². The molecule has 0 spiro atoms. The average molecular weight is 496 g/mol. The Morgan fingerprint density at radius 1 is 1.48 bits per heavy atom. The van der Waals surface area contributed by atoms with E-state index in [0.29, 0.717) is 26.8 Å². The maximum Gasteiger partial charge on any atom is 0.261 e. The van der Waals surface area contributed by atoms with Gasteiger partial charge in [0.15, 0.2) is 5.78 Å². The molecule has 1 saturated heterocycles. The van der Waals surface area contributed by atoms with Crippen LogP contribution in [0.3, 0.4) is 0 Å². The number of carbonyl (C=O) groups excluding carboxylic acids is 1. The molecule has 1 aromatic heterocycles. The minimum atomic E-state index is -0.523. The molecule has 1 fully saturated rings. The predicted molar refractivity (Wildman–Crippen MR) is 106 cm³/mol. The highest BCUT2D eigenvalue weighted by Crippen LogP contribution is 2.25. The first-order valence-electron chi connectivity index (χ1n) is 7.73. The molecule has 0 unspecified atom stereocenters. The van der Waals surface area contributed by atoms with Crippen molar-refractivity contribution in [3.05, 3.63) is 38.3 Å². The lowest BCUT2D eigenvalue weighted by Crippen LogP contribution is -2.46. The number of halogens is 3. The number of carbonyl (C=O) groups is 1. The second kappa shape index (κ2) is 8.73. The number of hydrogen-bond donors (Lipinski definition) is 2. The number of Topliss-reactive ketones (excluding diaryl/α,β-unsaturated/α-hetero) is 1. The molecular formula is C16H18Br2ClN3O3. The third-order valence-electron chi connectivity index (χ3n) is 4.21. The van der Waals surface area contributed by atoms with Crippen LogP contribution < -0.4 is 10.9 Å². The van der Waals surface area contributed by atoms with Gasteiger partial charge >= 0.3 is 0 Å². The van der Waals surface area contributed by atoms with Crippen molar-refractivity contribution >= 4 is 61.2 Å². The Balaban J connectivity index is 0.00000225. The molecule has 2 aromatic rings. The molecule has 0 bridgehead atoms. The number of rotatable bonds is 4. The number of piperidine rings is 1. The average Bonchev–Trinajstić information content (AvgIpc) is 2.54. The molecule has 25 heavy (non-hydrogen) atoms. The van der Waals surface area contributed by atoms with Crippen molar-refractivity contribution in [3.63, 3.8) is 0 Å². The van der Waals surface area contributed by atoms with Gasteiger partial charge in [0.05, 0.1) is 34.9 Å². The number of fused-ring (bicyclic) bond motifs is 1. The van der Waals surface area contributed by atoms with Crippen molar-refractivity contribution in [2.45, 2.75) is 38.0 Å². The van der Waals surface area contributed by atoms with E-state index in [1.807, 2.05) is 0 Å². The molecule has 6 nitrogen and oxygen atoms in total. The minimum Gasteiger partial charge on any atom is -0.391 e. The van der Waals surface area contributed by atoms with Crippen molar-refractivity contribution in [1.82, 2.24) is 14.9 Å². The van der Waals surface area contributed by atoms with Crippen molar-refractivity contribution in [3.8, 4) is 0 Å². The van der Waals surface area contributed by atoms with Crippen LogP contribution in [0.15, 0.2) is 27.7 Å². The van der Waals surface area contributed by atoms with Crippen molar-refractivity contribution < 1.29 is 9.90 Å². The number of aliphatic hydroxyl groups excluding tert-OH is 1. The largest absolute Gasteiger partial charge is 0.391 e. The summed E-state index contributed by atoms with van der Waals surface area (Å²) in [5.74, 6) is -0.125. The minimum absolute atomic E-state index is 0. The van der Waals surface area contributed by atoms with Gasteiger partial charge in [-0.1, -0.05) is 11.6 Å². The monoisotopic (exact) mass is 493 g/mol. The predicted octanol–water partition coefficient (Wildman–Crippen LogP) is 2.46. The maximum absolute atomic E-state index is 12.5. The van der Waals surface area contributed by atoms with Gasteiger partial charge in [-0.05, 0) is 47.4 Å². The van der Waals surface area contributed by atoms with Crippen LogP contribution in [0.1, 0.15) is 19.3 Å². The fraction of sp³-hybridized carbons (Fsp3) is 0.438. The van der Waals surface area contributed by atoms with Crippen LogP contribution in [0.5, 0.6) is 0 Å². The van der Waals surface area contributed by atoms with E-state index in [1.165, 1.54) is 10.9 Å². The molecule has 0 saturated carbocycles. The zero-order valence-corrected chi connectivity index (χ0v) is 17.3. The summed E-state index contributed by atoms with van der Waals surface area (Å²) in [5, 5.41) is 13.9. The van der Waals surface area contributed by atoms with E-state index < -0.39 is 6.10 Å². The van der Waals surface area contributed by atoms with Gasteiger partial charge in [-0.3, -0.25) is 14.2 Å². The summed E-state index contributed by atoms with van der Waals surface area (Å²) >= 11 is 9.33. The molecule has 2 heterocycles. The third-order valence-corrected chi connectivity index (χ3v) is 5.41. The number of nitrogens with one attached hydrogen (secondary N) is 1. The van der Waals surface area contributed by atoms with Crippen molar-refractivity contribution in [2.75, 3.05) is 6.54 Å². The number of aromatic nitrogens is 2. The van der Waals surface area contributed by atoms with E-state index in [1.54, 1.807) is 12.1 Å². The van der Waals surface area contributed by atoms with E-state index >= 15 is 0 Å². The van der Waals surface area contributed by atoms with Crippen LogP contribution in [0.25, 0.3) is 10.9 Å². The molecule has 0 aliphatic carbocycles. The van der Waals surface area contributed by atoms with E-state index in [-0.39, 0.29) is 47.3 Å². The Labute approximate surface area is 168 Å². The lowest BCUT2D eigenvalue weighted by Gasteiger charge is -2.28. The Kier molecular flexibility index (Phi) is 7.16. The first kappa shape index (κ1) is 20.5. The summed E-state index contributed by atoms with van der Waals surface area (Å²) in [7, 11) is 0. The second-order valence-electron chi connectivity index (χ2n) is 5.97. The van der Waals surface area contributed by atoms with Crippen LogP contribution in [0.2, 0.25) is 5.02 Å². The van der Waals surface area contributed by atoms with Gasteiger partial charge in [-0.25, -0.2) is 4.98 Å². The highest BCUT2D eigenvalue weighted by molar-refractivity contribution is 9.10. The molecule has 0 radical (unpaired) electrons. The molecule has 2 atom stereocenters. The van der Waals surface area contributed by atoms with Gasteiger partial charge in [-0.15, -0.1) is 17.0 Å². The second-order valence-corrected chi connectivity index (χ2v) is 7.24. The standard InChI is InChI=1S/C16H17BrClN3O3.BrH/c17-11-6-13-10(5-12(11)18)16(24)21(8-20-13)7-9(22)4-14-15(23)2-1-3-19-14;/h5-6,8,14-15,19,23H,1-4,7H2;1H/t14-,15+;/m1./s1. The highest BCUT2D eigenvalue weighted by atomic mass is 79.9. The van der Waals surface area contributed by atoms with E-state index in [2.05, 4.69) is 26.2 Å². The molecule has 136 valence electrons. The van der Waals surface area contributed by atoms with Crippen LogP contribution >= 0.6 is 44.5 Å². The van der Waals surface area contributed by atoms with Gasteiger partial charge in [0.25, 0.3) is 5.56 Å². The fourth-order valence-corrected chi connectivity index (χ4v) is 3.40. The number of benzene rings is 1. The number of hydrogen-bond acceptors (Lipinski definition) is 5. The van der Waals surface area contributed by atoms with Crippen molar-refractivity contribution in [1.29, 1.82) is 0 Å². The summed E-state index contributed by atoms with van der Waals surface area (Å²) in [4.78, 5) is 29.0. The lowest BCUT2D eigenvalue weighted by molar-refractivity contribution is -0.121. The van der Waals surface area contributed by atoms with Crippen molar-refractivity contribution in [2.24, 2.45) is 0 Å². The molecule has 1 aliphatic heterocycles. The zero-order chi connectivity index (χ0) is 17.3. The first-order valence-corrected chi connectivity index (χ1v) is 8.90. The molecule has 1 aliphatic rings. The molecule has 1 aromatic carbocycles. The lowest BCUT2D eigenvalue weighted by atomic mass is 9.97. The number of nitrogens with zero attached hydrogens (tertiary/aromatic N) is 2. The van der Waals surface area contributed by atoms with Gasteiger partial charge in [0.1, 0.15) is 0 Å². The van der Waals surface area contributed by atoms with Gasteiger partial charge < -0.3 is 10.4 Å². The van der Waals surface area contributed by atoms with Crippen LogP contribution in [-0.4, -0.2) is 39.1 Å². The Morgan fingerprint density at radius 2 is 2.24 bits per heavy atom. The summed E-state index contributed by atoms with van der Waals surface area (Å²) in [6.45, 7) is 0.722.